The molecule has 0 saturated carbocycles. The Balaban J connectivity index is 1.52. The molecule has 0 aliphatic carbocycles. The summed E-state index contributed by atoms with van der Waals surface area (Å²) in [7, 11) is 0. The third-order valence-electron chi connectivity index (χ3n) is 6.12. The molecule has 4 rings (SSSR count). The number of aliphatic hydroxyl groups is 2. The van der Waals surface area contributed by atoms with Gasteiger partial charge in [0, 0.05) is 30.1 Å². The van der Waals surface area contributed by atoms with Gasteiger partial charge in [0.15, 0.2) is 5.78 Å². The molecule has 1 aromatic carbocycles. The summed E-state index contributed by atoms with van der Waals surface area (Å²) >= 11 is 0. The van der Waals surface area contributed by atoms with Gasteiger partial charge in [-0.15, -0.1) is 0 Å². The Bertz CT molecular complexity index is 1280. The first-order valence-corrected chi connectivity index (χ1v) is 11.0. The Morgan fingerprint density at radius 3 is 2.60 bits per heavy atom. The Labute approximate surface area is 201 Å². The average Bonchev–Trinajstić information content (AvgIpc) is 3.28. The van der Waals surface area contributed by atoms with Crippen LogP contribution in [-0.2, 0) is 11.2 Å². The third-order valence-corrected chi connectivity index (χ3v) is 6.12. The lowest BCUT2D eigenvalue weighted by atomic mass is 9.94. The zero-order chi connectivity index (χ0) is 25.0. The number of carbonyl (C=O) groups is 2. The molecule has 0 spiro atoms. The minimum absolute atomic E-state index is 0.104. The first-order chi connectivity index (χ1) is 16.9. The predicted molar refractivity (Wildman–Crippen MR) is 127 cm³/mol. The summed E-state index contributed by atoms with van der Waals surface area (Å²) in [4.78, 5) is 40.1. The Kier molecular flexibility index (Phi) is 6.82. The summed E-state index contributed by atoms with van der Waals surface area (Å²) in [5, 5.41) is 31.4. The smallest absolute Gasteiger partial charge is 0.228 e. The van der Waals surface area contributed by atoms with Crippen LogP contribution in [0.4, 0.5) is 11.5 Å². The number of benzene rings is 1. The fraction of sp³-hybridized carbons (Fsp3) is 0.280. The molecule has 1 unspecified atom stereocenters. The van der Waals surface area contributed by atoms with E-state index in [9.17, 15) is 19.8 Å². The van der Waals surface area contributed by atoms with Crippen LogP contribution in [-0.4, -0.2) is 62.2 Å². The molecule has 0 fully saturated rings. The van der Waals surface area contributed by atoms with Crippen molar-refractivity contribution in [2.24, 2.45) is 0 Å². The monoisotopic (exact) mass is 472 g/mol. The molecule has 3 aromatic rings. The molecule has 0 bridgehead atoms. The molecule has 35 heavy (non-hydrogen) atoms. The zero-order valence-electron chi connectivity index (χ0n) is 19.0. The van der Waals surface area contributed by atoms with E-state index < -0.39 is 11.5 Å². The molecular weight excluding hydrogens is 448 g/mol. The number of Topliss-reactive ketones (excluding diaryl/α,β-unsaturated/α-hetero) is 1. The molecule has 1 atom stereocenters. The number of amides is 1. The Morgan fingerprint density at radius 2 is 1.91 bits per heavy atom. The number of rotatable bonds is 8. The SMILES string of the molecule is CC(CO)(CO)N1CC(C(=O)c2cncc(NC(=O)Cc3ccc(C#N)cc3)c2)c2cncnc21. The summed E-state index contributed by atoms with van der Waals surface area (Å²) in [6.07, 6.45) is 5.92. The molecule has 10 nitrogen and oxygen atoms in total. The predicted octanol–water partition coefficient (Wildman–Crippen LogP) is 1.45. The molecule has 178 valence electrons. The van der Waals surface area contributed by atoms with Crippen LogP contribution in [0.5, 0.6) is 0 Å². The fourth-order valence-electron chi connectivity index (χ4n) is 4.03. The van der Waals surface area contributed by atoms with Crippen molar-refractivity contribution < 1.29 is 19.8 Å². The second-order valence-corrected chi connectivity index (χ2v) is 8.64. The molecule has 0 saturated heterocycles. The van der Waals surface area contributed by atoms with Crippen LogP contribution >= 0.6 is 0 Å². The van der Waals surface area contributed by atoms with Crippen molar-refractivity contribution in [2.75, 3.05) is 30.0 Å². The van der Waals surface area contributed by atoms with Gasteiger partial charge in [-0.25, -0.2) is 9.97 Å². The van der Waals surface area contributed by atoms with Crippen LogP contribution in [0.15, 0.2) is 55.2 Å². The first kappa shape index (κ1) is 23.9. The number of carbonyl (C=O) groups excluding carboxylic acids is 2. The van der Waals surface area contributed by atoms with Crippen molar-refractivity contribution in [1.29, 1.82) is 5.26 Å². The van der Waals surface area contributed by atoms with Gasteiger partial charge in [0.25, 0.3) is 0 Å². The van der Waals surface area contributed by atoms with Crippen LogP contribution in [0.25, 0.3) is 0 Å². The van der Waals surface area contributed by atoms with E-state index >= 15 is 0 Å². The van der Waals surface area contributed by atoms with E-state index in [2.05, 4.69) is 20.3 Å². The molecule has 3 N–H and O–H groups in total. The lowest BCUT2D eigenvalue weighted by Gasteiger charge is -2.37. The quantitative estimate of drug-likeness (QED) is 0.414. The number of aromatic nitrogens is 3. The largest absolute Gasteiger partial charge is 0.394 e. The Hall–Kier alpha value is -4.20. The number of nitriles is 1. The topological polar surface area (TPSA) is 152 Å². The van der Waals surface area contributed by atoms with Gasteiger partial charge in [0.1, 0.15) is 12.1 Å². The van der Waals surface area contributed by atoms with E-state index in [0.29, 0.717) is 28.2 Å². The summed E-state index contributed by atoms with van der Waals surface area (Å²) in [5.74, 6) is -0.662. The highest BCUT2D eigenvalue weighted by atomic mass is 16.3. The van der Waals surface area contributed by atoms with Gasteiger partial charge in [0.2, 0.25) is 5.91 Å². The lowest BCUT2D eigenvalue weighted by molar-refractivity contribution is -0.115. The van der Waals surface area contributed by atoms with Gasteiger partial charge in [0.05, 0.1) is 54.6 Å². The molecule has 1 aliphatic heterocycles. The summed E-state index contributed by atoms with van der Waals surface area (Å²) < 4.78 is 0. The van der Waals surface area contributed by atoms with Crippen LogP contribution < -0.4 is 10.2 Å². The van der Waals surface area contributed by atoms with Crippen LogP contribution in [0, 0.1) is 11.3 Å². The minimum atomic E-state index is -1.00. The van der Waals surface area contributed by atoms with Gasteiger partial charge in [-0.2, -0.15) is 5.26 Å². The number of aliphatic hydroxyl groups excluding tert-OH is 2. The molecular formula is C25H24N6O4. The van der Waals surface area contributed by atoms with E-state index in [0.717, 1.165) is 5.56 Å². The number of hydrogen-bond donors (Lipinski definition) is 3. The standard InChI is InChI=1S/C25H24N6O4/c1-25(13-32,14-33)31-12-21(20-11-28-15-29-24(20)31)23(35)18-7-19(10-27-9-18)30-22(34)6-16-2-4-17(8-26)5-3-16/h2-5,7,9-11,15,21,32-33H,6,12-14H2,1H3,(H,30,34). The van der Waals surface area contributed by atoms with E-state index in [1.54, 1.807) is 48.4 Å². The number of pyridine rings is 1. The fourth-order valence-corrected chi connectivity index (χ4v) is 4.03. The highest BCUT2D eigenvalue weighted by Gasteiger charge is 2.43. The lowest BCUT2D eigenvalue weighted by Crippen LogP contribution is -2.52. The van der Waals surface area contributed by atoms with Crippen molar-refractivity contribution in [1.82, 2.24) is 15.0 Å². The summed E-state index contributed by atoms with van der Waals surface area (Å²) in [6.45, 7) is 1.25. The maximum Gasteiger partial charge on any atom is 0.228 e. The second kappa shape index (κ2) is 9.97. The number of anilines is 2. The molecule has 3 heterocycles. The normalized spacial score (nSPS) is 14.8. The molecule has 10 heteroatoms. The van der Waals surface area contributed by atoms with Crippen LogP contribution in [0.3, 0.4) is 0 Å². The van der Waals surface area contributed by atoms with E-state index in [-0.39, 0.29) is 37.9 Å². The van der Waals surface area contributed by atoms with Gasteiger partial charge in [-0.05, 0) is 30.7 Å². The number of hydrogen-bond acceptors (Lipinski definition) is 9. The highest BCUT2D eigenvalue weighted by molar-refractivity contribution is 6.04. The zero-order valence-corrected chi connectivity index (χ0v) is 19.0. The van der Waals surface area contributed by atoms with Crippen LogP contribution in [0.2, 0.25) is 0 Å². The number of ketones is 1. The van der Waals surface area contributed by atoms with Crippen LogP contribution in [0.1, 0.15) is 39.9 Å². The van der Waals surface area contributed by atoms with Crippen molar-refractivity contribution in [3.63, 3.8) is 0 Å². The van der Waals surface area contributed by atoms with E-state index in [1.807, 2.05) is 6.07 Å². The van der Waals surface area contributed by atoms with Crippen molar-refractivity contribution in [3.05, 3.63) is 77.5 Å². The number of fused-ring (bicyclic) bond motifs is 1. The van der Waals surface area contributed by atoms with Gasteiger partial charge in [-0.1, -0.05) is 12.1 Å². The Morgan fingerprint density at radius 1 is 1.17 bits per heavy atom. The third kappa shape index (κ3) is 4.87. The summed E-state index contributed by atoms with van der Waals surface area (Å²) in [6, 6.07) is 10.3. The molecule has 1 aliphatic rings. The van der Waals surface area contributed by atoms with E-state index in [1.165, 1.54) is 18.7 Å². The van der Waals surface area contributed by atoms with E-state index in [4.69, 9.17) is 5.26 Å². The number of nitrogens with zero attached hydrogens (tertiary/aromatic N) is 5. The van der Waals surface area contributed by atoms with Crippen molar-refractivity contribution in [3.8, 4) is 6.07 Å². The van der Waals surface area contributed by atoms with Gasteiger partial charge >= 0.3 is 0 Å². The van der Waals surface area contributed by atoms with Gasteiger partial charge < -0.3 is 20.4 Å². The highest BCUT2D eigenvalue weighted by Crippen LogP contribution is 2.39. The summed E-state index contributed by atoms with van der Waals surface area (Å²) in [5.41, 5.74) is 1.54. The average molecular weight is 473 g/mol. The van der Waals surface area contributed by atoms with Crippen molar-refractivity contribution in [2.45, 2.75) is 24.8 Å². The first-order valence-electron chi connectivity index (χ1n) is 11.0. The van der Waals surface area contributed by atoms with Crippen molar-refractivity contribution >= 4 is 23.2 Å². The number of nitrogens with one attached hydrogen (secondary N) is 1. The molecule has 0 radical (unpaired) electrons. The minimum Gasteiger partial charge on any atom is -0.394 e. The molecule has 2 aromatic heterocycles. The van der Waals surface area contributed by atoms with Gasteiger partial charge in [-0.3, -0.25) is 14.6 Å². The maximum atomic E-state index is 13.5. The molecule has 1 amide bonds. The second-order valence-electron chi connectivity index (χ2n) is 8.64. The maximum absolute atomic E-state index is 13.5.